The highest BCUT2D eigenvalue weighted by molar-refractivity contribution is 5.69. The molecule has 0 N–H and O–H groups in total. The van der Waals surface area contributed by atoms with Crippen LogP contribution in [0.1, 0.15) is 30.7 Å². The second kappa shape index (κ2) is 8.71. The number of rotatable bonds is 7. The van der Waals surface area contributed by atoms with E-state index in [1.807, 2.05) is 17.0 Å². The first-order chi connectivity index (χ1) is 15.1. The van der Waals surface area contributed by atoms with Crippen molar-refractivity contribution >= 4 is 6.09 Å². The molecule has 3 fully saturated rings. The van der Waals surface area contributed by atoms with Crippen LogP contribution in [0.3, 0.4) is 0 Å². The van der Waals surface area contributed by atoms with Gasteiger partial charge in [-0.1, -0.05) is 18.2 Å². The lowest BCUT2D eigenvalue weighted by atomic mass is 9.57. The third kappa shape index (κ3) is 3.21. The number of hydrogen-bond acceptors (Lipinski definition) is 6. The Morgan fingerprint density at radius 1 is 1.26 bits per heavy atom. The molecule has 1 amide bonds. The maximum Gasteiger partial charge on any atom is 0.409 e. The highest BCUT2D eigenvalue weighted by Crippen LogP contribution is 2.65. The number of hydrogen-bond donors (Lipinski definition) is 0. The number of benzene rings is 1. The summed E-state index contributed by atoms with van der Waals surface area (Å²) in [4.78, 5) is 14.8. The summed E-state index contributed by atoms with van der Waals surface area (Å²) in [7, 11) is 6.45. The average Bonchev–Trinajstić information content (AvgIpc) is 3.05. The van der Waals surface area contributed by atoms with Gasteiger partial charge in [0.05, 0.1) is 26.4 Å². The maximum atomic E-state index is 12.9. The summed E-state index contributed by atoms with van der Waals surface area (Å²) in [5.74, 6) is 2.14. The first kappa shape index (κ1) is 22.0. The summed E-state index contributed by atoms with van der Waals surface area (Å²) < 4.78 is 27.9. The Morgan fingerprint density at radius 2 is 2.06 bits per heavy atom. The summed E-state index contributed by atoms with van der Waals surface area (Å²) in [6.07, 6.45) is 4.69. The zero-order chi connectivity index (χ0) is 22.2. The number of piperidine rings is 1. The van der Waals surface area contributed by atoms with Crippen LogP contribution in [0.2, 0.25) is 0 Å². The molecular formula is C24H33NO6. The van der Waals surface area contributed by atoms with Crippen LogP contribution in [0.25, 0.3) is 0 Å². The van der Waals surface area contributed by atoms with E-state index in [1.165, 1.54) is 7.11 Å². The fraction of sp³-hybridized carbons (Fsp3) is 0.625. The van der Waals surface area contributed by atoms with Crippen molar-refractivity contribution in [2.75, 3.05) is 41.8 Å². The van der Waals surface area contributed by atoms with Gasteiger partial charge in [-0.15, -0.1) is 6.58 Å². The predicted octanol–water partition coefficient (Wildman–Crippen LogP) is 3.83. The van der Waals surface area contributed by atoms with E-state index < -0.39 is 0 Å². The Hall–Kier alpha value is -2.25. The van der Waals surface area contributed by atoms with Gasteiger partial charge >= 0.3 is 6.09 Å². The van der Waals surface area contributed by atoms with Crippen LogP contribution in [-0.2, 0) is 14.2 Å². The Labute approximate surface area is 184 Å². The van der Waals surface area contributed by atoms with Crippen molar-refractivity contribution in [3.8, 4) is 11.5 Å². The van der Waals surface area contributed by atoms with E-state index in [0.717, 1.165) is 24.8 Å². The van der Waals surface area contributed by atoms with E-state index in [2.05, 4.69) is 18.7 Å². The van der Waals surface area contributed by atoms with Crippen LogP contribution in [0, 0.1) is 17.3 Å². The first-order valence-corrected chi connectivity index (χ1v) is 10.9. The normalized spacial score (nSPS) is 33.7. The fourth-order valence-corrected chi connectivity index (χ4v) is 6.70. The van der Waals surface area contributed by atoms with Crippen LogP contribution in [0.15, 0.2) is 30.9 Å². The standard InChI is InChI=1S/C24H33NO6/c1-6-24-18-12-17(16-8-7-9-19(21(16)29-4)31-14-27-2)22(24)25(23(26)30-5)13-15(18)10-11-20(24)28-3/h6-9,15,17-18,20,22H,1,10-14H2,2-5H3/t15?,17-,18+,20?,22?,24?/m0/s1. The summed E-state index contributed by atoms with van der Waals surface area (Å²) in [6.45, 7) is 5.09. The number of methoxy groups -OCH3 is 4. The Balaban J connectivity index is 1.85. The molecule has 6 atom stereocenters. The molecule has 4 unspecified atom stereocenters. The van der Waals surface area contributed by atoms with Gasteiger partial charge in [0.15, 0.2) is 18.3 Å². The molecule has 7 heteroatoms. The van der Waals surface area contributed by atoms with Gasteiger partial charge in [0.2, 0.25) is 0 Å². The van der Waals surface area contributed by atoms with Gasteiger partial charge in [-0.2, -0.15) is 0 Å². The molecule has 2 aliphatic carbocycles. The van der Waals surface area contributed by atoms with Crippen LogP contribution in [-0.4, -0.2) is 64.9 Å². The minimum absolute atomic E-state index is 0.00706. The van der Waals surface area contributed by atoms with Gasteiger partial charge in [-0.25, -0.2) is 4.79 Å². The zero-order valence-corrected chi connectivity index (χ0v) is 18.8. The maximum absolute atomic E-state index is 12.9. The molecular weight excluding hydrogens is 398 g/mol. The second-order valence-corrected chi connectivity index (χ2v) is 8.71. The van der Waals surface area contributed by atoms with E-state index >= 15 is 0 Å². The third-order valence-corrected chi connectivity index (χ3v) is 7.73. The molecule has 0 aromatic heterocycles. The molecule has 0 spiro atoms. The van der Waals surface area contributed by atoms with Crippen LogP contribution >= 0.6 is 0 Å². The Bertz CT molecular complexity index is 828. The van der Waals surface area contributed by atoms with Crippen LogP contribution in [0.4, 0.5) is 4.79 Å². The summed E-state index contributed by atoms with van der Waals surface area (Å²) in [5, 5.41) is 0. The van der Waals surface area contributed by atoms with Crippen molar-refractivity contribution < 1.29 is 28.5 Å². The smallest absolute Gasteiger partial charge is 0.409 e. The number of para-hydroxylation sites is 1. The minimum atomic E-state index is -0.330. The number of amides is 1. The van der Waals surface area contributed by atoms with Gasteiger partial charge in [-0.3, -0.25) is 0 Å². The molecule has 2 saturated carbocycles. The molecule has 7 nitrogen and oxygen atoms in total. The molecule has 0 radical (unpaired) electrons. The highest BCUT2D eigenvalue weighted by Gasteiger charge is 2.67. The molecule has 1 aromatic carbocycles. The third-order valence-electron chi connectivity index (χ3n) is 7.73. The Morgan fingerprint density at radius 3 is 2.71 bits per heavy atom. The first-order valence-electron chi connectivity index (χ1n) is 10.9. The molecule has 1 heterocycles. The van der Waals surface area contributed by atoms with Crippen LogP contribution in [0.5, 0.6) is 11.5 Å². The highest BCUT2D eigenvalue weighted by atomic mass is 16.7. The molecule has 1 aromatic rings. The van der Waals surface area contributed by atoms with Crippen molar-refractivity contribution in [2.45, 2.75) is 37.3 Å². The van der Waals surface area contributed by atoms with Crippen molar-refractivity contribution in [3.63, 3.8) is 0 Å². The van der Waals surface area contributed by atoms with Gasteiger partial charge in [0.25, 0.3) is 0 Å². The number of ether oxygens (including phenoxy) is 5. The Kier molecular flexibility index (Phi) is 6.17. The van der Waals surface area contributed by atoms with E-state index in [-0.39, 0.29) is 36.4 Å². The molecule has 4 rings (SSSR count). The largest absolute Gasteiger partial charge is 0.493 e. The van der Waals surface area contributed by atoms with Crippen molar-refractivity contribution in [2.24, 2.45) is 17.3 Å². The average molecular weight is 432 g/mol. The fourth-order valence-electron chi connectivity index (χ4n) is 6.70. The van der Waals surface area contributed by atoms with Crippen molar-refractivity contribution in [1.82, 2.24) is 4.90 Å². The SMILES string of the molecule is C=CC12C(OC)CCC3CN(C(=O)OC)C1[C@H](c1cccc(OCOC)c1OC)C[C@H]32. The summed E-state index contributed by atoms with van der Waals surface area (Å²) in [6, 6.07) is 5.78. The molecule has 1 aliphatic heterocycles. The van der Waals surface area contributed by atoms with Gasteiger partial charge in [0, 0.05) is 37.7 Å². The summed E-state index contributed by atoms with van der Waals surface area (Å²) >= 11 is 0. The number of carbonyl (C=O) groups excluding carboxylic acids is 1. The van der Waals surface area contributed by atoms with Crippen molar-refractivity contribution in [1.29, 1.82) is 0 Å². The van der Waals surface area contributed by atoms with Crippen LogP contribution < -0.4 is 9.47 Å². The lowest BCUT2D eigenvalue weighted by Gasteiger charge is -2.57. The lowest BCUT2D eigenvalue weighted by Crippen LogP contribution is -2.64. The minimum Gasteiger partial charge on any atom is -0.493 e. The van der Waals surface area contributed by atoms with E-state index in [9.17, 15) is 4.79 Å². The molecule has 31 heavy (non-hydrogen) atoms. The topological polar surface area (TPSA) is 66.5 Å². The lowest BCUT2D eigenvalue weighted by molar-refractivity contribution is -0.119. The van der Waals surface area contributed by atoms with Crippen molar-refractivity contribution in [3.05, 3.63) is 36.4 Å². The monoisotopic (exact) mass is 431 g/mol. The van der Waals surface area contributed by atoms with E-state index in [1.54, 1.807) is 21.3 Å². The van der Waals surface area contributed by atoms with Gasteiger partial charge in [0.1, 0.15) is 0 Å². The number of nitrogens with zero attached hydrogens (tertiary/aromatic N) is 1. The quantitative estimate of drug-likeness (QED) is 0.483. The van der Waals surface area contributed by atoms with Gasteiger partial charge < -0.3 is 28.6 Å². The predicted molar refractivity (Wildman–Crippen MR) is 115 cm³/mol. The molecule has 170 valence electrons. The molecule has 3 aliphatic rings. The van der Waals surface area contributed by atoms with E-state index in [4.69, 9.17) is 23.7 Å². The summed E-state index contributed by atoms with van der Waals surface area (Å²) in [5.41, 5.74) is 0.699. The molecule has 1 saturated heterocycles. The van der Waals surface area contributed by atoms with E-state index in [0.29, 0.717) is 29.9 Å². The van der Waals surface area contributed by atoms with Gasteiger partial charge in [-0.05, 0) is 37.2 Å². The number of carbonyl (C=O) groups is 1. The second-order valence-electron chi connectivity index (χ2n) is 8.71. The number of likely N-dealkylation sites (tertiary alicyclic amines) is 1. The molecule has 4 bridgehead atoms. The zero-order valence-electron chi connectivity index (χ0n) is 18.8.